The summed E-state index contributed by atoms with van der Waals surface area (Å²) in [5.74, 6) is 0.331. The molecule has 5 rings (SSSR count). The van der Waals surface area contributed by atoms with Gasteiger partial charge in [0.05, 0.1) is 17.4 Å². The number of para-hydroxylation sites is 1. The highest BCUT2D eigenvalue weighted by Gasteiger charge is 2.41. The molecule has 3 aromatic carbocycles. The lowest BCUT2D eigenvalue weighted by Crippen LogP contribution is -2.28. The van der Waals surface area contributed by atoms with Gasteiger partial charge in [0.2, 0.25) is 0 Å². The average molecular weight is 497 g/mol. The normalized spacial score (nSPS) is 20.6. The topological polar surface area (TPSA) is 34.1 Å². The first-order valence-corrected chi connectivity index (χ1v) is 11.7. The monoisotopic (exact) mass is 496 g/mol. The van der Waals surface area contributed by atoms with Gasteiger partial charge >= 0.3 is 13.2 Å². The molecule has 2 aliphatic rings. The maximum absolute atomic E-state index is 12.6. The maximum atomic E-state index is 12.6. The molecule has 1 aliphatic carbocycles. The molecule has 0 N–H and O–H groups in total. The number of hydrazone groups is 1. The van der Waals surface area contributed by atoms with Crippen LogP contribution in [0.25, 0.3) is 6.08 Å². The highest BCUT2D eigenvalue weighted by atomic mass is 19.3. The van der Waals surface area contributed by atoms with Crippen LogP contribution in [-0.4, -0.2) is 18.9 Å². The minimum atomic E-state index is -2.87. The molecule has 0 radical (unpaired) electrons. The second-order valence-electron chi connectivity index (χ2n) is 8.67. The molecule has 0 aromatic heterocycles. The molecule has 4 nitrogen and oxygen atoms in total. The van der Waals surface area contributed by atoms with E-state index in [9.17, 15) is 17.6 Å². The lowest BCUT2D eigenvalue weighted by atomic mass is 9.77. The van der Waals surface area contributed by atoms with Crippen LogP contribution in [0.4, 0.5) is 23.2 Å². The van der Waals surface area contributed by atoms with Gasteiger partial charge < -0.3 is 9.47 Å². The predicted molar refractivity (Wildman–Crippen MR) is 131 cm³/mol. The van der Waals surface area contributed by atoms with E-state index in [2.05, 4.69) is 9.47 Å². The zero-order valence-corrected chi connectivity index (χ0v) is 19.2. The summed E-state index contributed by atoms with van der Waals surface area (Å²) in [5.41, 5.74) is 4.84. The standard InChI is InChI=1S/C28H24F4N2O2/c29-27(30)35-22-13-9-18(10-14-22)17-20-5-4-8-24-25(20)33-34(21-6-2-1-3-7-21)26(24)19-11-15-23(16-12-19)36-28(31)32/h1-3,6-7,9-17,24,26-28H,4-5,8H2/b20-17-/t24-,26-/m0/s1. The van der Waals surface area contributed by atoms with Crippen LogP contribution >= 0.6 is 0 Å². The van der Waals surface area contributed by atoms with Crippen LogP contribution in [0.3, 0.4) is 0 Å². The summed E-state index contributed by atoms with van der Waals surface area (Å²) in [4.78, 5) is 0. The first-order valence-electron chi connectivity index (χ1n) is 11.7. The van der Waals surface area contributed by atoms with E-state index in [-0.39, 0.29) is 23.5 Å². The van der Waals surface area contributed by atoms with Gasteiger partial charge in [0.25, 0.3) is 0 Å². The number of alkyl halides is 4. The zero-order valence-electron chi connectivity index (χ0n) is 19.2. The maximum Gasteiger partial charge on any atom is 0.387 e. The van der Waals surface area contributed by atoms with Crippen LogP contribution in [0.2, 0.25) is 0 Å². The number of nitrogens with zero attached hydrogens (tertiary/aromatic N) is 2. The Bertz CT molecular complexity index is 1230. The largest absolute Gasteiger partial charge is 0.435 e. The first kappa shape index (κ1) is 23.9. The Morgan fingerprint density at radius 3 is 2.03 bits per heavy atom. The van der Waals surface area contributed by atoms with Crippen LogP contribution in [0, 0.1) is 5.92 Å². The molecule has 36 heavy (non-hydrogen) atoms. The highest BCUT2D eigenvalue weighted by molar-refractivity contribution is 6.08. The summed E-state index contributed by atoms with van der Waals surface area (Å²) >= 11 is 0. The number of ether oxygens (including phenoxy) is 2. The molecule has 0 amide bonds. The van der Waals surface area contributed by atoms with Crippen LogP contribution < -0.4 is 14.5 Å². The quantitative estimate of drug-likeness (QED) is 0.315. The van der Waals surface area contributed by atoms with E-state index in [1.54, 1.807) is 24.3 Å². The zero-order chi connectivity index (χ0) is 25.1. The molecule has 0 saturated heterocycles. The fourth-order valence-corrected chi connectivity index (χ4v) is 4.92. The van der Waals surface area contributed by atoms with Crippen molar-refractivity contribution in [1.29, 1.82) is 0 Å². The smallest absolute Gasteiger partial charge is 0.387 e. The van der Waals surface area contributed by atoms with Gasteiger partial charge in [-0.25, -0.2) is 0 Å². The number of hydrogen-bond donors (Lipinski definition) is 0. The van der Waals surface area contributed by atoms with Crippen molar-refractivity contribution in [3.8, 4) is 11.5 Å². The summed E-state index contributed by atoms with van der Waals surface area (Å²) in [6.45, 7) is -5.74. The van der Waals surface area contributed by atoms with Crippen molar-refractivity contribution in [1.82, 2.24) is 0 Å². The molecule has 1 saturated carbocycles. The summed E-state index contributed by atoms with van der Waals surface area (Å²) in [6, 6.07) is 23.0. The second kappa shape index (κ2) is 10.4. The number of allylic oxidation sites excluding steroid dienone is 1. The third kappa shape index (κ3) is 5.22. The Morgan fingerprint density at radius 2 is 1.42 bits per heavy atom. The Labute approximate surface area is 206 Å². The Morgan fingerprint density at radius 1 is 0.806 bits per heavy atom. The molecular formula is C28H24F4N2O2. The van der Waals surface area contributed by atoms with E-state index in [4.69, 9.17) is 5.10 Å². The van der Waals surface area contributed by atoms with E-state index in [1.165, 1.54) is 12.1 Å². The van der Waals surface area contributed by atoms with Crippen molar-refractivity contribution in [2.24, 2.45) is 11.0 Å². The minimum Gasteiger partial charge on any atom is -0.435 e. The minimum absolute atomic E-state index is 0.103. The lowest BCUT2D eigenvalue weighted by Gasteiger charge is -2.30. The molecule has 0 unspecified atom stereocenters. The van der Waals surface area contributed by atoms with Crippen LogP contribution in [-0.2, 0) is 0 Å². The van der Waals surface area contributed by atoms with Crippen LogP contribution in [0.1, 0.15) is 36.4 Å². The van der Waals surface area contributed by atoms with Crippen molar-refractivity contribution in [2.75, 3.05) is 5.01 Å². The van der Waals surface area contributed by atoms with Gasteiger partial charge in [-0.1, -0.05) is 42.5 Å². The van der Waals surface area contributed by atoms with E-state index in [0.29, 0.717) is 0 Å². The molecule has 1 heterocycles. The van der Waals surface area contributed by atoms with Crippen molar-refractivity contribution in [2.45, 2.75) is 38.5 Å². The Kier molecular flexibility index (Phi) is 6.93. The lowest BCUT2D eigenvalue weighted by molar-refractivity contribution is -0.0505. The van der Waals surface area contributed by atoms with Crippen LogP contribution in [0.15, 0.2) is 89.5 Å². The number of halogens is 4. The number of hydrogen-bond acceptors (Lipinski definition) is 4. The van der Waals surface area contributed by atoms with Gasteiger partial charge in [0.1, 0.15) is 11.5 Å². The number of anilines is 1. The van der Waals surface area contributed by atoms with Crippen LogP contribution in [0.5, 0.6) is 11.5 Å². The van der Waals surface area contributed by atoms with Crippen molar-refractivity contribution < 1.29 is 27.0 Å². The molecule has 0 bridgehead atoms. The Balaban J connectivity index is 1.48. The second-order valence-corrected chi connectivity index (χ2v) is 8.67. The molecular weight excluding hydrogens is 472 g/mol. The highest BCUT2D eigenvalue weighted by Crippen LogP contribution is 2.46. The Hall–Kier alpha value is -3.81. The summed E-state index contributed by atoms with van der Waals surface area (Å²) in [7, 11) is 0. The summed E-state index contributed by atoms with van der Waals surface area (Å²) in [6.07, 6.45) is 4.79. The van der Waals surface area contributed by atoms with Gasteiger partial charge in [-0.15, -0.1) is 0 Å². The molecule has 1 aliphatic heterocycles. The molecule has 1 fully saturated rings. The van der Waals surface area contributed by atoms with Crippen molar-refractivity contribution in [3.63, 3.8) is 0 Å². The van der Waals surface area contributed by atoms with Gasteiger partial charge in [-0.3, -0.25) is 5.01 Å². The molecule has 8 heteroatoms. The summed E-state index contributed by atoms with van der Waals surface area (Å²) < 4.78 is 59.2. The van der Waals surface area contributed by atoms with E-state index < -0.39 is 13.2 Å². The number of benzene rings is 3. The predicted octanol–water partition coefficient (Wildman–Crippen LogP) is 7.69. The van der Waals surface area contributed by atoms with Gasteiger partial charge in [0.15, 0.2) is 0 Å². The van der Waals surface area contributed by atoms with E-state index in [1.807, 2.05) is 53.5 Å². The van der Waals surface area contributed by atoms with E-state index in [0.717, 1.165) is 47.4 Å². The molecule has 0 spiro atoms. The summed E-state index contributed by atoms with van der Waals surface area (Å²) in [5, 5.41) is 7.05. The van der Waals surface area contributed by atoms with Crippen molar-refractivity contribution in [3.05, 3.63) is 95.6 Å². The van der Waals surface area contributed by atoms with E-state index >= 15 is 0 Å². The molecule has 3 aromatic rings. The number of fused-ring (bicyclic) bond motifs is 1. The average Bonchev–Trinajstić information content (AvgIpc) is 3.26. The van der Waals surface area contributed by atoms with Gasteiger partial charge in [-0.2, -0.15) is 22.7 Å². The van der Waals surface area contributed by atoms with Gasteiger partial charge in [0, 0.05) is 5.92 Å². The third-order valence-corrected chi connectivity index (χ3v) is 6.42. The SMILES string of the molecule is FC(F)Oc1ccc(/C=C2/CCC[C@H]3C2=NN(c2ccccc2)[C@H]3c2ccc(OC(F)F)cc2)cc1. The van der Waals surface area contributed by atoms with Crippen molar-refractivity contribution >= 4 is 17.5 Å². The number of rotatable bonds is 7. The molecule has 2 atom stereocenters. The fraction of sp³-hybridized carbons (Fsp3) is 0.250. The third-order valence-electron chi connectivity index (χ3n) is 6.42. The van der Waals surface area contributed by atoms with Gasteiger partial charge in [-0.05, 0) is 78.4 Å². The molecule has 186 valence electrons. The fourth-order valence-electron chi connectivity index (χ4n) is 4.92. The first-order chi connectivity index (χ1) is 17.5.